The Bertz CT molecular complexity index is 1290. The van der Waals surface area contributed by atoms with Crippen LogP contribution in [0.5, 0.6) is 11.5 Å². The first kappa shape index (κ1) is 19.6. The standard InChI is InChI=1S/C20H19N5O4S/c1-27-17-9-15-16(23-12-24-19(15)25-20-22-6-7-28-20)10-18(17)29-11-13-4-3-5-14(8-13)30(2,21)26/h3-10,12,21H,11H2,1-2H3,(H,22,23,24,25). The van der Waals surface area contributed by atoms with E-state index in [1.54, 1.807) is 37.4 Å². The van der Waals surface area contributed by atoms with Crippen molar-refractivity contribution in [3.8, 4) is 11.5 Å². The summed E-state index contributed by atoms with van der Waals surface area (Å²) >= 11 is 0. The number of hydrogen-bond donors (Lipinski definition) is 2. The highest BCUT2D eigenvalue weighted by molar-refractivity contribution is 7.91. The molecule has 9 nitrogen and oxygen atoms in total. The highest BCUT2D eigenvalue weighted by Crippen LogP contribution is 2.35. The molecule has 10 heteroatoms. The Labute approximate surface area is 173 Å². The molecule has 1 atom stereocenters. The third-order valence-corrected chi connectivity index (χ3v) is 5.47. The fourth-order valence-electron chi connectivity index (χ4n) is 2.86. The van der Waals surface area contributed by atoms with Crippen LogP contribution >= 0.6 is 0 Å². The molecule has 2 N–H and O–H groups in total. The number of oxazole rings is 1. The van der Waals surface area contributed by atoms with Gasteiger partial charge in [-0.15, -0.1) is 0 Å². The molecule has 0 amide bonds. The molecule has 154 valence electrons. The molecule has 0 spiro atoms. The number of nitrogens with zero attached hydrogens (tertiary/aromatic N) is 3. The lowest BCUT2D eigenvalue weighted by atomic mass is 10.2. The quantitative estimate of drug-likeness (QED) is 0.456. The van der Waals surface area contributed by atoms with E-state index < -0.39 is 9.73 Å². The second-order valence-electron chi connectivity index (χ2n) is 6.48. The third-order valence-electron chi connectivity index (χ3n) is 4.32. The maximum atomic E-state index is 12.0. The van der Waals surface area contributed by atoms with Crippen molar-refractivity contribution in [3.05, 3.63) is 60.7 Å². The molecule has 0 fully saturated rings. The number of rotatable bonds is 7. The van der Waals surface area contributed by atoms with E-state index in [1.165, 1.54) is 25.0 Å². The molecule has 1 unspecified atom stereocenters. The van der Waals surface area contributed by atoms with E-state index in [-0.39, 0.29) is 6.61 Å². The van der Waals surface area contributed by atoms with Crippen LogP contribution in [0.2, 0.25) is 0 Å². The van der Waals surface area contributed by atoms with Crippen LogP contribution in [0.1, 0.15) is 5.56 Å². The smallest absolute Gasteiger partial charge is 0.300 e. The summed E-state index contributed by atoms with van der Waals surface area (Å²) in [5.74, 6) is 1.52. The van der Waals surface area contributed by atoms with E-state index in [1.807, 2.05) is 6.07 Å². The number of methoxy groups -OCH3 is 1. The Kier molecular flexibility index (Phi) is 5.23. The molecule has 2 aromatic carbocycles. The van der Waals surface area contributed by atoms with Gasteiger partial charge in [-0.05, 0) is 23.8 Å². The minimum absolute atomic E-state index is 0.220. The number of hydrogen-bond acceptors (Lipinski definition) is 9. The van der Waals surface area contributed by atoms with Crippen LogP contribution in [0.25, 0.3) is 10.9 Å². The van der Waals surface area contributed by atoms with Gasteiger partial charge in [0, 0.05) is 22.6 Å². The molecule has 0 saturated carbocycles. The van der Waals surface area contributed by atoms with Crippen molar-refractivity contribution in [2.24, 2.45) is 0 Å². The molecule has 4 rings (SSSR count). The van der Waals surface area contributed by atoms with E-state index in [4.69, 9.17) is 18.7 Å². The predicted molar refractivity (Wildman–Crippen MR) is 112 cm³/mol. The minimum Gasteiger partial charge on any atom is -0.493 e. The van der Waals surface area contributed by atoms with Crippen LogP contribution in [0.3, 0.4) is 0 Å². The number of fused-ring (bicyclic) bond motifs is 1. The van der Waals surface area contributed by atoms with Crippen LogP contribution in [-0.4, -0.2) is 32.5 Å². The summed E-state index contributed by atoms with van der Waals surface area (Å²) in [5, 5.41) is 3.72. The van der Waals surface area contributed by atoms with Gasteiger partial charge in [0.15, 0.2) is 11.5 Å². The van der Waals surface area contributed by atoms with E-state index >= 15 is 0 Å². The molecular weight excluding hydrogens is 406 g/mol. The van der Waals surface area contributed by atoms with Gasteiger partial charge in [0.1, 0.15) is 25.0 Å². The highest BCUT2D eigenvalue weighted by atomic mass is 32.2. The van der Waals surface area contributed by atoms with Crippen molar-refractivity contribution < 1.29 is 18.1 Å². The molecule has 2 aromatic heterocycles. The molecule has 0 saturated heterocycles. The summed E-state index contributed by atoms with van der Waals surface area (Å²) in [6.45, 7) is 0.220. The summed E-state index contributed by atoms with van der Waals surface area (Å²) < 4.78 is 36.4. The molecule has 0 aliphatic rings. The lowest BCUT2D eigenvalue weighted by molar-refractivity contribution is 0.285. The topological polar surface area (TPSA) is 123 Å². The second-order valence-corrected chi connectivity index (χ2v) is 8.64. The van der Waals surface area contributed by atoms with Gasteiger partial charge >= 0.3 is 0 Å². The molecule has 2 heterocycles. The van der Waals surface area contributed by atoms with Crippen LogP contribution in [-0.2, 0) is 16.3 Å². The average molecular weight is 425 g/mol. The van der Waals surface area contributed by atoms with Crippen molar-refractivity contribution in [2.45, 2.75) is 11.5 Å². The normalized spacial score (nSPS) is 13.0. The Balaban J connectivity index is 1.63. The number of benzene rings is 2. The third kappa shape index (κ3) is 4.18. The second kappa shape index (κ2) is 7.99. The van der Waals surface area contributed by atoms with Crippen molar-refractivity contribution >= 4 is 32.5 Å². The first-order valence-corrected chi connectivity index (χ1v) is 10.9. The van der Waals surface area contributed by atoms with Crippen molar-refractivity contribution in [1.82, 2.24) is 15.0 Å². The van der Waals surface area contributed by atoms with Crippen molar-refractivity contribution in [1.29, 1.82) is 4.78 Å². The Hall–Kier alpha value is -3.66. The first-order valence-electron chi connectivity index (χ1n) is 8.89. The fraction of sp³-hybridized carbons (Fsp3) is 0.150. The summed E-state index contributed by atoms with van der Waals surface area (Å²) in [4.78, 5) is 13.1. The van der Waals surface area contributed by atoms with Crippen molar-refractivity contribution in [3.63, 3.8) is 0 Å². The average Bonchev–Trinajstić information content (AvgIpc) is 3.24. The lowest BCUT2D eigenvalue weighted by Crippen LogP contribution is -2.01. The van der Waals surface area contributed by atoms with Gasteiger partial charge in [0.05, 0.1) is 28.6 Å². The van der Waals surface area contributed by atoms with Gasteiger partial charge in [-0.1, -0.05) is 12.1 Å². The minimum atomic E-state index is -2.79. The SMILES string of the molecule is COc1cc2c(Nc3ncco3)ncnc2cc1OCc1cccc(S(C)(=N)=O)c1. The van der Waals surface area contributed by atoms with Crippen LogP contribution in [0.4, 0.5) is 11.8 Å². The Morgan fingerprint density at radius 3 is 2.77 bits per heavy atom. The number of aromatic nitrogens is 3. The molecule has 4 aromatic rings. The van der Waals surface area contributed by atoms with Gasteiger partial charge in [0.25, 0.3) is 6.01 Å². The van der Waals surface area contributed by atoms with E-state index in [2.05, 4.69) is 20.3 Å². The molecular formula is C20H19N5O4S. The molecule has 0 aliphatic heterocycles. The maximum absolute atomic E-state index is 12.0. The van der Waals surface area contributed by atoms with Gasteiger partial charge in [-0.25, -0.2) is 23.9 Å². The van der Waals surface area contributed by atoms with Crippen LogP contribution in [0, 0.1) is 4.78 Å². The first-order chi connectivity index (χ1) is 14.4. The molecule has 0 bridgehead atoms. The van der Waals surface area contributed by atoms with Gasteiger partial charge in [-0.3, -0.25) is 5.32 Å². The monoisotopic (exact) mass is 425 g/mol. The largest absolute Gasteiger partial charge is 0.493 e. The van der Waals surface area contributed by atoms with Gasteiger partial charge in [-0.2, -0.15) is 0 Å². The zero-order valence-corrected chi connectivity index (χ0v) is 17.1. The van der Waals surface area contributed by atoms with Gasteiger partial charge < -0.3 is 13.9 Å². The van der Waals surface area contributed by atoms with E-state index in [9.17, 15) is 4.21 Å². The van der Waals surface area contributed by atoms with Crippen LogP contribution < -0.4 is 14.8 Å². The Morgan fingerprint density at radius 2 is 2.03 bits per heavy atom. The summed E-state index contributed by atoms with van der Waals surface area (Å²) in [7, 11) is -1.25. The van der Waals surface area contributed by atoms with Crippen molar-refractivity contribution in [2.75, 3.05) is 18.7 Å². The van der Waals surface area contributed by atoms with E-state index in [0.717, 1.165) is 5.56 Å². The zero-order chi connectivity index (χ0) is 21.1. The number of ether oxygens (including phenoxy) is 2. The molecule has 0 aliphatic carbocycles. The predicted octanol–water partition coefficient (Wildman–Crippen LogP) is 3.98. The summed E-state index contributed by atoms with van der Waals surface area (Å²) in [6, 6.07) is 10.8. The van der Waals surface area contributed by atoms with Crippen LogP contribution in [0.15, 0.2) is 64.5 Å². The van der Waals surface area contributed by atoms with E-state index in [0.29, 0.717) is 39.1 Å². The lowest BCUT2D eigenvalue weighted by Gasteiger charge is -2.13. The van der Waals surface area contributed by atoms with Gasteiger partial charge in [0.2, 0.25) is 0 Å². The molecule has 0 radical (unpaired) electrons. The number of anilines is 2. The summed E-state index contributed by atoms with van der Waals surface area (Å²) in [6.07, 6.45) is 5.82. The highest BCUT2D eigenvalue weighted by Gasteiger charge is 2.13. The fourth-order valence-corrected chi connectivity index (χ4v) is 3.58. The molecule has 30 heavy (non-hydrogen) atoms. The summed E-state index contributed by atoms with van der Waals surface area (Å²) in [5.41, 5.74) is 1.44. The Morgan fingerprint density at radius 1 is 1.17 bits per heavy atom. The maximum Gasteiger partial charge on any atom is 0.300 e. The number of nitrogens with one attached hydrogen (secondary N) is 2. The zero-order valence-electron chi connectivity index (χ0n) is 16.3.